The monoisotopic (exact) mass is 958 g/mol. The summed E-state index contributed by atoms with van der Waals surface area (Å²) in [4.78, 5) is 2.53. The molecule has 0 aliphatic heterocycles. The van der Waals surface area contributed by atoms with E-state index >= 15 is 35.1 Å². The lowest BCUT2D eigenvalue weighted by molar-refractivity contribution is 0.378. The molecule has 0 saturated heterocycles. The van der Waals surface area contributed by atoms with Gasteiger partial charge in [-0.1, -0.05) is 58.8 Å². The average Bonchev–Trinajstić information content (AvgIpc) is 3.32. The zero-order valence-electron chi connectivity index (χ0n) is 31.1. The largest absolute Gasteiger partial charge is 0.207 e. The van der Waals surface area contributed by atoms with Crippen LogP contribution in [-0.2, 0) is 14.1 Å². The van der Waals surface area contributed by atoms with Crippen molar-refractivity contribution in [3.05, 3.63) is 207 Å². The molecule has 0 bridgehead atoms. The topological polar surface area (TPSA) is 17.1 Å². The first kappa shape index (κ1) is 47.8. The van der Waals surface area contributed by atoms with Crippen molar-refractivity contribution in [2.45, 2.75) is 14.7 Å². The van der Waals surface area contributed by atoms with Crippen LogP contribution >= 0.6 is 0 Å². The van der Waals surface area contributed by atoms with Gasteiger partial charge in [0.1, 0.15) is 52.7 Å². The van der Waals surface area contributed by atoms with E-state index in [0.717, 1.165) is 14.7 Å². The first-order valence-corrected chi connectivity index (χ1v) is 19.0. The van der Waals surface area contributed by atoms with E-state index in [1.54, 1.807) is 0 Å². The molecule has 1 nitrogen and oxygen atoms in total. The van der Waals surface area contributed by atoms with E-state index in [4.69, 9.17) is 0 Å². The highest BCUT2D eigenvalue weighted by Crippen LogP contribution is 2.36. The van der Waals surface area contributed by atoms with Gasteiger partial charge in [0, 0.05) is 0 Å². The van der Waals surface area contributed by atoms with Gasteiger partial charge in [0.2, 0.25) is 0 Å². The van der Waals surface area contributed by atoms with Gasteiger partial charge in [0.25, 0.3) is 0 Å². The summed E-state index contributed by atoms with van der Waals surface area (Å²) < 4.78 is 308. The summed E-state index contributed by atoms with van der Waals surface area (Å²) in [6, 6.07) is 29.0. The van der Waals surface area contributed by atoms with Crippen LogP contribution < -0.4 is 21.9 Å². The molecule has 0 fully saturated rings. The van der Waals surface area contributed by atoms with Crippen LogP contribution in [0.2, 0.25) is 0 Å². The smallest absolute Gasteiger partial charge is 0.200 e. The molecule has 338 valence electrons. The van der Waals surface area contributed by atoms with Crippen LogP contribution in [0.5, 0.6) is 0 Å². The van der Waals surface area contributed by atoms with E-state index in [0.29, 0.717) is 0 Å². The molecule has 0 unspecified atom stereocenters. The number of rotatable bonds is 7. The average molecular weight is 958 g/mol. The summed E-state index contributed by atoms with van der Waals surface area (Å²) in [5, 5.41) is 0. The molecule has 23 heteroatoms. The van der Waals surface area contributed by atoms with Crippen LogP contribution in [0, 0.1) is 116 Å². The van der Waals surface area contributed by atoms with Crippen molar-refractivity contribution in [2.24, 2.45) is 0 Å². The van der Waals surface area contributed by atoms with E-state index in [-0.39, 0.29) is 0 Å². The molecule has 0 heterocycles. The van der Waals surface area contributed by atoms with Crippen molar-refractivity contribution in [3.8, 4) is 0 Å². The van der Waals surface area contributed by atoms with Gasteiger partial charge < -0.3 is 0 Å². The molecule has 0 atom stereocenters. The summed E-state index contributed by atoms with van der Waals surface area (Å²) in [5.74, 6) is -71.4. The molecular formula is C42H15BF20OS. The van der Waals surface area contributed by atoms with E-state index in [9.17, 15) is 56.9 Å². The van der Waals surface area contributed by atoms with Gasteiger partial charge in [-0.05, 0) is 36.4 Å². The molecule has 0 amide bonds. The van der Waals surface area contributed by atoms with Crippen molar-refractivity contribution in [2.75, 3.05) is 0 Å². The molecule has 0 aliphatic carbocycles. The third-order valence-electron chi connectivity index (χ3n) is 9.93. The van der Waals surface area contributed by atoms with Crippen LogP contribution in [0.15, 0.2) is 106 Å². The second kappa shape index (κ2) is 17.7. The van der Waals surface area contributed by atoms with Gasteiger partial charge in [0.05, 0.1) is 0 Å². The second-order valence-corrected chi connectivity index (χ2v) is 15.8. The Morgan fingerprint density at radius 1 is 0.231 bits per heavy atom. The fraction of sp³-hybridized carbons (Fsp3) is 0. The maximum absolute atomic E-state index is 15.4. The normalized spacial score (nSPS) is 11.8. The van der Waals surface area contributed by atoms with Crippen molar-refractivity contribution in [1.82, 2.24) is 0 Å². The predicted octanol–water partition coefficient (Wildman–Crippen LogP) is 10.5. The summed E-state index contributed by atoms with van der Waals surface area (Å²) in [6.45, 7) is 0. The van der Waals surface area contributed by atoms with Gasteiger partial charge in [-0.2, -0.15) is 0 Å². The lowest BCUT2D eigenvalue weighted by Gasteiger charge is -2.44. The zero-order valence-corrected chi connectivity index (χ0v) is 31.9. The molecular weight excluding hydrogens is 943 g/mol. The van der Waals surface area contributed by atoms with E-state index in [2.05, 4.69) is 0 Å². The number of benzene rings is 7. The van der Waals surface area contributed by atoms with Gasteiger partial charge >= 0.3 is 0 Å². The van der Waals surface area contributed by atoms with Crippen LogP contribution in [0.3, 0.4) is 0 Å². The lowest BCUT2D eigenvalue weighted by Crippen LogP contribution is -2.81. The Kier molecular flexibility index (Phi) is 13.0. The van der Waals surface area contributed by atoms with Crippen molar-refractivity contribution in [3.63, 3.8) is 0 Å². The predicted molar refractivity (Wildman–Crippen MR) is 191 cm³/mol. The first-order valence-electron chi connectivity index (χ1n) is 17.4. The highest BCUT2D eigenvalue weighted by atomic mass is 32.2. The van der Waals surface area contributed by atoms with Crippen LogP contribution in [-0.4, -0.2) is 6.15 Å². The minimum atomic E-state index is -7.22. The SMILES string of the molecule is Fc1c(F)c(F)c([B-](c2c(F)c(F)c(F)c(F)c2F)(c2c(F)c(F)c(F)c(F)c2F)c2c(F)c(F)c(F)c(F)c2F)c(F)c1F.O=[S+](c1ccccc1)(c1ccccc1)c1ccccc1. The Hall–Kier alpha value is -6.65. The van der Waals surface area contributed by atoms with Crippen molar-refractivity contribution in [1.29, 1.82) is 0 Å². The fourth-order valence-electron chi connectivity index (χ4n) is 7.12. The molecule has 0 radical (unpaired) electrons. The van der Waals surface area contributed by atoms with Crippen LogP contribution in [0.1, 0.15) is 0 Å². The summed E-state index contributed by atoms with van der Waals surface area (Å²) >= 11 is 0. The van der Waals surface area contributed by atoms with Crippen molar-refractivity contribution >= 4 is 37.9 Å². The summed E-state index contributed by atoms with van der Waals surface area (Å²) in [5.41, 5.74) is -14.3. The summed E-state index contributed by atoms with van der Waals surface area (Å²) in [6.07, 6.45) is -7.22. The van der Waals surface area contributed by atoms with Gasteiger partial charge in [-0.3, -0.25) is 0 Å². The van der Waals surface area contributed by atoms with E-state index in [1.807, 2.05) is 91.0 Å². The lowest BCUT2D eigenvalue weighted by atomic mass is 9.12. The minimum Gasteiger partial charge on any atom is -0.207 e. The Balaban J connectivity index is 0.000000289. The van der Waals surface area contributed by atoms with E-state index < -0.39 is 154 Å². The molecule has 0 aliphatic rings. The molecule has 7 aromatic rings. The highest BCUT2D eigenvalue weighted by Gasteiger charge is 2.52. The van der Waals surface area contributed by atoms with Gasteiger partial charge in [0.15, 0.2) is 94.4 Å². The van der Waals surface area contributed by atoms with Crippen LogP contribution in [0.4, 0.5) is 87.8 Å². The van der Waals surface area contributed by atoms with Gasteiger partial charge in [-0.15, -0.1) is 21.9 Å². The number of hydrogen-bond donors (Lipinski definition) is 0. The number of hydrogen-bond acceptors (Lipinski definition) is 1. The number of halogens is 20. The third kappa shape index (κ3) is 7.28. The molecule has 0 saturated carbocycles. The molecule has 7 rings (SSSR count). The molecule has 65 heavy (non-hydrogen) atoms. The van der Waals surface area contributed by atoms with E-state index in [1.165, 1.54) is 0 Å². The minimum absolute atomic E-state index is 0.845. The highest BCUT2D eigenvalue weighted by molar-refractivity contribution is 8.03. The quantitative estimate of drug-likeness (QED) is 0.0512. The Morgan fingerprint density at radius 3 is 0.523 bits per heavy atom. The first-order chi connectivity index (χ1) is 30.5. The Bertz CT molecular complexity index is 2580. The van der Waals surface area contributed by atoms with Crippen LogP contribution in [0.25, 0.3) is 0 Å². The maximum Gasteiger partial charge on any atom is 0.200 e. The van der Waals surface area contributed by atoms with Gasteiger partial charge in [-0.25, -0.2) is 87.8 Å². The maximum atomic E-state index is 15.4. The Morgan fingerprint density at radius 2 is 0.369 bits per heavy atom. The molecule has 0 N–H and O–H groups in total. The molecule has 0 aromatic heterocycles. The second-order valence-electron chi connectivity index (χ2n) is 13.3. The fourth-order valence-corrected chi connectivity index (χ4v) is 9.56. The van der Waals surface area contributed by atoms with Crippen molar-refractivity contribution < 1.29 is 92.0 Å². The molecule has 0 spiro atoms. The third-order valence-corrected chi connectivity index (χ3v) is 12.7. The zero-order chi connectivity index (χ0) is 48.2. The Labute approximate surface area is 351 Å². The standard InChI is InChI=1S/C24BF20.C18H15OS/c26-5-1(6(27)14(35)21(42)13(5)34)25(2-7(28)15(36)22(43)16(37)8(2)29,3-9(30)17(38)23(44)18(39)10(3)31)4-11(32)19(40)24(45)20(41)12(4)33;19-20(16-10-4-1-5-11-16,17-12-6-2-7-13-17)18-14-8-3-9-15-18/h;1-15H/q-1;+1. The molecule has 7 aromatic carbocycles. The summed E-state index contributed by atoms with van der Waals surface area (Å²) in [7, 11) is -2.43.